The number of benzene rings is 3. The molecule has 0 unspecified atom stereocenters. The van der Waals surface area contributed by atoms with Gasteiger partial charge in [0.1, 0.15) is 12.4 Å². The average Bonchev–Trinajstić information content (AvgIpc) is 3.30. The molecule has 0 bridgehead atoms. The molecule has 10 heteroatoms. The van der Waals surface area contributed by atoms with Gasteiger partial charge in [-0.05, 0) is 86.9 Å². The number of fused-ring (bicyclic) bond motifs is 1. The minimum Gasteiger partial charge on any atom is -0.494 e. The topological polar surface area (TPSA) is 88.4 Å². The van der Waals surface area contributed by atoms with Crippen molar-refractivity contribution in [1.29, 1.82) is 0 Å². The fraction of sp³-hybridized carbons (Fsp3) is 0.265. The van der Waals surface area contributed by atoms with Crippen LogP contribution in [0.2, 0.25) is 0 Å². The Hall–Kier alpha value is -4.15. The van der Waals surface area contributed by atoms with E-state index in [2.05, 4.69) is 20.9 Å². The molecular weight excluding hydrogens is 644 g/mol. The number of ether oxygens (including phenoxy) is 4. The van der Waals surface area contributed by atoms with Gasteiger partial charge >= 0.3 is 5.97 Å². The normalized spacial score (nSPS) is 14.7. The largest absolute Gasteiger partial charge is 0.494 e. The molecule has 0 fully saturated rings. The van der Waals surface area contributed by atoms with Crippen molar-refractivity contribution in [1.82, 2.24) is 4.57 Å². The van der Waals surface area contributed by atoms with Crippen LogP contribution in [0.15, 0.2) is 92.3 Å². The fourth-order valence-electron chi connectivity index (χ4n) is 4.87. The Morgan fingerprint density at radius 2 is 1.77 bits per heavy atom. The highest BCUT2D eigenvalue weighted by molar-refractivity contribution is 9.10. The quantitative estimate of drug-likeness (QED) is 0.193. The van der Waals surface area contributed by atoms with Gasteiger partial charge in [0.15, 0.2) is 16.3 Å². The van der Waals surface area contributed by atoms with E-state index in [9.17, 15) is 9.59 Å². The molecule has 5 rings (SSSR count). The number of nitrogens with zero attached hydrogens (tertiary/aromatic N) is 2. The van der Waals surface area contributed by atoms with Gasteiger partial charge < -0.3 is 18.9 Å². The van der Waals surface area contributed by atoms with Crippen LogP contribution in [-0.2, 0) is 16.1 Å². The Bertz CT molecular complexity index is 1870. The number of carbonyl (C=O) groups excluding carboxylic acids is 1. The lowest BCUT2D eigenvalue weighted by Gasteiger charge is -2.25. The van der Waals surface area contributed by atoms with Crippen molar-refractivity contribution in [2.75, 3.05) is 13.7 Å². The van der Waals surface area contributed by atoms with Crippen molar-refractivity contribution >= 4 is 39.3 Å². The van der Waals surface area contributed by atoms with Crippen LogP contribution in [0, 0.1) is 0 Å². The molecule has 0 spiro atoms. The average molecular weight is 678 g/mol. The third kappa shape index (κ3) is 6.81. The van der Waals surface area contributed by atoms with E-state index in [0.29, 0.717) is 51.1 Å². The summed E-state index contributed by atoms with van der Waals surface area (Å²) in [6, 6.07) is 20.1. The van der Waals surface area contributed by atoms with Crippen LogP contribution in [0.4, 0.5) is 0 Å². The van der Waals surface area contributed by atoms with Crippen LogP contribution < -0.4 is 29.1 Å². The summed E-state index contributed by atoms with van der Waals surface area (Å²) in [4.78, 5) is 32.5. The minimum absolute atomic E-state index is 0.260. The number of thiazole rings is 1. The van der Waals surface area contributed by atoms with E-state index < -0.39 is 12.0 Å². The lowest BCUT2D eigenvalue weighted by atomic mass is 9.96. The maximum Gasteiger partial charge on any atom is 0.338 e. The van der Waals surface area contributed by atoms with E-state index in [1.54, 1.807) is 38.5 Å². The molecule has 0 radical (unpaired) electrons. The summed E-state index contributed by atoms with van der Waals surface area (Å²) in [5.74, 6) is 1.34. The predicted octanol–water partition coefficient (Wildman–Crippen LogP) is 5.94. The zero-order valence-electron chi connectivity index (χ0n) is 25.1. The number of allylic oxidation sites excluding steroid dienone is 1. The van der Waals surface area contributed by atoms with Crippen molar-refractivity contribution in [3.8, 4) is 17.2 Å². The Balaban J connectivity index is 1.53. The first kappa shape index (κ1) is 31.3. The summed E-state index contributed by atoms with van der Waals surface area (Å²) in [6.07, 6.45) is 1.47. The summed E-state index contributed by atoms with van der Waals surface area (Å²) < 4.78 is 25.9. The lowest BCUT2D eigenvalue weighted by Crippen LogP contribution is -2.40. The highest BCUT2D eigenvalue weighted by atomic mass is 79.9. The predicted molar refractivity (Wildman–Crippen MR) is 174 cm³/mol. The van der Waals surface area contributed by atoms with Crippen molar-refractivity contribution < 1.29 is 23.7 Å². The number of carbonyl (C=O) groups is 1. The molecule has 0 saturated carbocycles. The minimum atomic E-state index is -0.709. The Morgan fingerprint density at radius 1 is 1.05 bits per heavy atom. The van der Waals surface area contributed by atoms with E-state index in [-0.39, 0.29) is 11.7 Å². The number of aromatic nitrogens is 1. The van der Waals surface area contributed by atoms with Gasteiger partial charge in [-0.15, -0.1) is 0 Å². The highest BCUT2D eigenvalue weighted by Crippen LogP contribution is 2.32. The molecular formula is C34H33BrN2O6S. The molecule has 1 aliphatic rings. The molecule has 0 saturated heterocycles. The van der Waals surface area contributed by atoms with Crippen LogP contribution in [0.3, 0.4) is 0 Å². The highest BCUT2D eigenvalue weighted by Gasteiger charge is 2.33. The number of methoxy groups -OCH3 is 1. The summed E-state index contributed by atoms with van der Waals surface area (Å²) in [5, 5.41) is 0. The second kappa shape index (κ2) is 13.7. The molecule has 8 nitrogen and oxygen atoms in total. The maximum atomic E-state index is 14.0. The summed E-state index contributed by atoms with van der Waals surface area (Å²) >= 11 is 4.71. The zero-order valence-corrected chi connectivity index (χ0v) is 27.5. The van der Waals surface area contributed by atoms with Crippen LogP contribution in [0.1, 0.15) is 50.4 Å². The van der Waals surface area contributed by atoms with Crippen molar-refractivity contribution in [3.63, 3.8) is 0 Å². The van der Waals surface area contributed by atoms with Gasteiger partial charge in [0, 0.05) is 4.47 Å². The maximum absolute atomic E-state index is 14.0. The number of hydrogen-bond donors (Lipinski definition) is 0. The van der Waals surface area contributed by atoms with Gasteiger partial charge in [0.25, 0.3) is 5.56 Å². The number of rotatable bonds is 10. The number of esters is 1. The second-order valence-corrected chi connectivity index (χ2v) is 12.3. The molecule has 1 atom stereocenters. The van der Waals surface area contributed by atoms with Crippen LogP contribution in [-0.4, -0.2) is 30.4 Å². The van der Waals surface area contributed by atoms with Crippen LogP contribution in [0.5, 0.6) is 17.2 Å². The Labute approximate surface area is 268 Å². The lowest BCUT2D eigenvalue weighted by molar-refractivity contribution is -0.143. The molecule has 44 heavy (non-hydrogen) atoms. The fourth-order valence-corrected chi connectivity index (χ4v) is 6.19. The summed E-state index contributed by atoms with van der Waals surface area (Å²) in [5.41, 5.74) is 3.11. The van der Waals surface area contributed by atoms with Gasteiger partial charge in [0.05, 0.1) is 41.7 Å². The van der Waals surface area contributed by atoms with Crippen molar-refractivity contribution in [3.05, 3.63) is 119 Å². The molecule has 2 heterocycles. The van der Waals surface area contributed by atoms with Gasteiger partial charge in [0.2, 0.25) is 0 Å². The monoisotopic (exact) mass is 676 g/mol. The van der Waals surface area contributed by atoms with E-state index in [4.69, 9.17) is 18.9 Å². The molecule has 0 amide bonds. The smallest absolute Gasteiger partial charge is 0.338 e. The molecule has 0 aliphatic carbocycles. The van der Waals surface area contributed by atoms with Gasteiger partial charge in [-0.25, -0.2) is 9.79 Å². The van der Waals surface area contributed by atoms with E-state index in [0.717, 1.165) is 21.2 Å². The first-order valence-electron chi connectivity index (χ1n) is 14.2. The first-order chi connectivity index (χ1) is 21.2. The van der Waals surface area contributed by atoms with Crippen LogP contribution >= 0.6 is 27.3 Å². The second-order valence-electron chi connectivity index (χ2n) is 10.4. The molecule has 3 aromatic carbocycles. The van der Waals surface area contributed by atoms with Gasteiger partial charge in [-0.1, -0.05) is 57.6 Å². The molecule has 228 valence electrons. The Kier molecular flexibility index (Phi) is 9.71. The van der Waals surface area contributed by atoms with Crippen molar-refractivity contribution in [2.24, 2.45) is 4.99 Å². The molecule has 1 aliphatic heterocycles. The Morgan fingerprint density at radius 3 is 2.43 bits per heavy atom. The van der Waals surface area contributed by atoms with E-state index >= 15 is 0 Å². The van der Waals surface area contributed by atoms with Gasteiger partial charge in [-0.2, -0.15) is 0 Å². The van der Waals surface area contributed by atoms with Crippen molar-refractivity contribution in [2.45, 2.75) is 46.4 Å². The number of hydrogen-bond acceptors (Lipinski definition) is 8. The van der Waals surface area contributed by atoms with E-state index in [1.807, 2.05) is 73.7 Å². The van der Waals surface area contributed by atoms with Crippen LogP contribution in [0.25, 0.3) is 6.08 Å². The third-order valence-corrected chi connectivity index (χ3v) is 8.40. The standard InChI is InChI=1S/C34H33BrN2O6S/c1-6-41-26-14-10-24(11-15-26)31-30(33(39)43-20(2)3)21(4)36-34-37(31)32(38)29(44-34)18-23-9-16-27(28(17-23)40-5)42-19-22-7-12-25(35)13-8-22/h7-18,20,31H,6,19H2,1-5H3/b29-18+/t31-/m1/s1. The molecule has 0 N–H and O–H groups in total. The third-order valence-electron chi connectivity index (χ3n) is 6.88. The summed E-state index contributed by atoms with van der Waals surface area (Å²) in [6.45, 7) is 8.18. The first-order valence-corrected chi connectivity index (χ1v) is 15.8. The molecule has 1 aromatic heterocycles. The number of halogens is 1. The zero-order chi connectivity index (χ0) is 31.4. The van der Waals surface area contributed by atoms with Gasteiger partial charge in [-0.3, -0.25) is 9.36 Å². The molecule has 4 aromatic rings. The van der Waals surface area contributed by atoms with E-state index in [1.165, 1.54) is 11.3 Å². The SMILES string of the molecule is CCOc1ccc([C@@H]2C(C(=O)OC(C)C)=C(C)N=c3s/c(=C/c4ccc(OCc5ccc(Br)cc5)c(OC)c4)c(=O)n32)cc1. The summed E-state index contributed by atoms with van der Waals surface area (Å²) in [7, 11) is 1.58.